The van der Waals surface area contributed by atoms with Gasteiger partial charge in [0.25, 0.3) is 0 Å². The molecule has 0 saturated heterocycles. The van der Waals surface area contributed by atoms with Gasteiger partial charge < -0.3 is 10.6 Å². The van der Waals surface area contributed by atoms with Crippen LogP contribution in [0, 0.1) is 18.3 Å². The molecule has 0 aliphatic carbocycles. The molecule has 0 fully saturated rings. The molecule has 0 aromatic heterocycles. The second-order valence-corrected chi connectivity index (χ2v) is 3.48. The first-order chi connectivity index (χ1) is 7.72. The Morgan fingerprint density at radius 3 is 3.00 bits per heavy atom. The van der Waals surface area contributed by atoms with Gasteiger partial charge in [-0.1, -0.05) is 12.1 Å². The molecule has 0 unspecified atom stereocenters. The lowest BCUT2D eigenvalue weighted by atomic mass is 10.2. The van der Waals surface area contributed by atoms with Gasteiger partial charge in [-0.3, -0.25) is 4.79 Å². The van der Waals surface area contributed by atoms with E-state index in [0.717, 1.165) is 11.3 Å². The van der Waals surface area contributed by atoms with E-state index in [1.807, 2.05) is 37.3 Å². The molecule has 0 radical (unpaired) electrons. The van der Waals surface area contributed by atoms with E-state index < -0.39 is 0 Å². The predicted molar refractivity (Wildman–Crippen MR) is 62.9 cm³/mol. The molecule has 0 bridgehead atoms. The lowest BCUT2D eigenvalue weighted by molar-refractivity contribution is -0.119. The first kappa shape index (κ1) is 12.1. The van der Waals surface area contributed by atoms with Crippen molar-refractivity contribution >= 4 is 11.6 Å². The Morgan fingerprint density at radius 1 is 1.50 bits per heavy atom. The Bertz CT molecular complexity index is 395. The number of nitrogens with one attached hydrogen (secondary N) is 2. The minimum Gasteiger partial charge on any atom is -0.376 e. The van der Waals surface area contributed by atoms with Gasteiger partial charge in [0.15, 0.2) is 0 Å². The highest BCUT2D eigenvalue weighted by atomic mass is 16.1. The van der Waals surface area contributed by atoms with Gasteiger partial charge in [-0.05, 0) is 24.6 Å². The number of carbonyl (C=O) groups excluding carboxylic acids is 1. The zero-order chi connectivity index (χ0) is 11.8. The molecule has 1 rings (SSSR count). The number of hydrogen-bond donors (Lipinski definition) is 2. The van der Waals surface area contributed by atoms with Gasteiger partial charge in [0.2, 0.25) is 5.91 Å². The van der Waals surface area contributed by atoms with E-state index >= 15 is 0 Å². The zero-order valence-corrected chi connectivity index (χ0v) is 9.29. The summed E-state index contributed by atoms with van der Waals surface area (Å²) in [5, 5.41) is 14.0. The fourth-order valence-electron chi connectivity index (χ4n) is 1.26. The Hall–Kier alpha value is -2.02. The molecular formula is C12H15N3O. The number of nitriles is 1. The third kappa shape index (κ3) is 4.47. The maximum absolute atomic E-state index is 11.3. The Kier molecular flexibility index (Phi) is 4.87. The van der Waals surface area contributed by atoms with Crippen LogP contribution >= 0.6 is 0 Å². The first-order valence-corrected chi connectivity index (χ1v) is 5.16. The normalized spacial score (nSPS) is 9.25. The van der Waals surface area contributed by atoms with Crippen LogP contribution in [0.5, 0.6) is 0 Å². The molecule has 1 aromatic rings. The van der Waals surface area contributed by atoms with Crippen LogP contribution in [0.25, 0.3) is 0 Å². The second-order valence-electron chi connectivity index (χ2n) is 3.48. The van der Waals surface area contributed by atoms with Crippen molar-refractivity contribution in [2.24, 2.45) is 0 Å². The molecule has 0 aliphatic heterocycles. The number of anilines is 1. The van der Waals surface area contributed by atoms with E-state index in [-0.39, 0.29) is 12.5 Å². The molecule has 4 nitrogen and oxygen atoms in total. The maximum atomic E-state index is 11.3. The average Bonchev–Trinajstić information content (AvgIpc) is 2.27. The summed E-state index contributed by atoms with van der Waals surface area (Å²) in [5.74, 6) is -0.100. The van der Waals surface area contributed by atoms with Gasteiger partial charge in [0.1, 0.15) is 0 Å². The quantitative estimate of drug-likeness (QED) is 0.733. The highest BCUT2D eigenvalue weighted by molar-refractivity contribution is 5.80. The van der Waals surface area contributed by atoms with Crippen LogP contribution in [0.4, 0.5) is 5.69 Å². The van der Waals surface area contributed by atoms with Crippen LogP contribution in [0.1, 0.15) is 12.0 Å². The summed E-state index contributed by atoms with van der Waals surface area (Å²) in [7, 11) is 0. The summed E-state index contributed by atoms with van der Waals surface area (Å²) in [4.78, 5) is 11.3. The number of nitrogens with zero attached hydrogens (tertiary/aromatic N) is 1. The SMILES string of the molecule is Cc1cccc(NCC(=O)NCCC#N)c1. The van der Waals surface area contributed by atoms with E-state index in [2.05, 4.69) is 10.6 Å². The zero-order valence-electron chi connectivity index (χ0n) is 9.29. The summed E-state index contributed by atoms with van der Waals surface area (Å²) in [5.41, 5.74) is 2.07. The maximum Gasteiger partial charge on any atom is 0.239 e. The lowest BCUT2D eigenvalue weighted by Crippen LogP contribution is -2.30. The highest BCUT2D eigenvalue weighted by Gasteiger charge is 1.99. The molecule has 84 valence electrons. The van der Waals surface area contributed by atoms with E-state index in [1.165, 1.54) is 0 Å². The topological polar surface area (TPSA) is 64.9 Å². The first-order valence-electron chi connectivity index (χ1n) is 5.16. The Labute approximate surface area is 95.3 Å². The van der Waals surface area contributed by atoms with Crippen molar-refractivity contribution in [3.63, 3.8) is 0 Å². The van der Waals surface area contributed by atoms with Gasteiger partial charge in [-0.15, -0.1) is 0 Å². The van der Waals surface area contributed by atoms with Crippen LogP contribution in [-0.4, -0.2) is 19.0 Å². The third-order valence-electron chi connectivity index (χ3n) is 2.03. The van der Waals surface area contributed by atoms with Gasteiger partial charge in [0.05, 0.1) is 19.0 Å². The predicted octanol–water partition coefficient (Wildman–Crippen LogP) is 1.44. The average molecular weight is 217 g/mol. The number of aryl methyl sites for hydroxylation is 1. The lowest BCUT2D eigenvalue weighted by Gasteiger charge is -2.07. The van der Waals surface area contributed by atoms with E-state index in [9.17, 15) is 4.79 Å². The molecule has 0 heterocycles. The molecule has 4 heteroatoms. The highest BCUT2D eigenvalue weighted by Crippen LogP contribution is 2.08. The number of carbonyl (C=O) groups is 1. The number of hydrogen-bond acceptors (Lipinski definition) is 3. The van der Waals surface area contributed by atoms with Crippen molar-refractivity contribution in [2.75, 3.05) is 18.4 Å². The number of rotatable bonds is 5. The standard InChI is InChI=1S/C12H15N3O/c1-10-4-2-5-11(8-10)15-9-12(16)14-7-3-6-13/h2,4-5,8,15H,3,7,9H2,1H3,(H,14,16). The fraction of sp³-hybridized carbons (Fsp3) is 0.333. The smallest absolute Gasteiger partial charge is 0.239 e. The molecule has 0 spiro atoms. The van der Waals surface area contributed by atoms with Crippen molar-refractivity contribution in [3.8, 4) is 6.07 Å². The van der Waals surface area contributed by atoms with E-state index in [4.69, 9.17) is 5.26 Å². The van der Waals surface area contributed by atoms with E-state index in [1.54, 1.807) is 0 Å². The largest absolute Gasteiger partial charge is 0.376 e. The second kappa shape index (κ2) is 6.46. The summed E-state index contributed by atoms with van der Waals surface area (Å²) >= 11 is 0. The van der Waals surface area contributed by atoms with Crippen molar-refractivity contribution in [2.45, 2.75) is 13.3 Å². The Morgan fingerprint density at radius 2 is 2.31 bits per heavy atom. The molecule has 2 N–H and O–H groups in total. The van der Waals surface area contributed by atoms with Gasteiger partial charge >= 0.3 is 0 Å². The summed E-state index contributed by atoms with van der Waals surface area (Å²) in [6.45, 7) is 2.64. The number of amides is 1. The van der Waals surface area contributed by atoms with E-state index in [0.29, 0.717) is 13.0 Å². The number of benzene rings is 1. The monoisotopic (exact) mass is 217 g/mol. The molecule has 1 amide bonds. The summed E-state index contributed by atoms with van der Waals surface area (Å²) in [6.07, 6.45) is 0.343. The minimum absolute atomic E-state index is 0.100. The van der Waals surface area contributed by atoms with Gasteiger partial charge in [-0.2, -0.15) is 5.26 Å². The molecule has 16 heavy (non-hydrogen) atoms. The fourth-order valence-corrected chi connectivity index (χ4v) is 1.26. The Balaban J connectivity index is 2.29. The molecular weight excluding hydrogens is 202 g/mol. The van der Waals surface area contributed by atoms with Crippen LogP contribution < -0.4 is 10.6 Å². The van der Waals surface area contributed by atoms with Crippen molar-refractivity contribution in [1.29, 1.82) is 5.26 Å². The van der Waals surface area contributed by atoms with Crippen molar-refractivity contribution < 1.29 is 4.79 Å². The van der Waals surface area contributed by atoms with Crippen LogP contribution in [0.2, 0.25) is 0 Å². The molecule has 1 aromatic carbocycles. The minimum atomic E-state index is -0.100. The van der Waals surface area contributed by atoms with Gasteiger partial charge in [0, 0.05) is 12.2 Å². The van der Waals surface area contributed by atoms with Gasteiger partial charge in [-0.25, -0.2) is 0 Å². The summed E-state index contributed by atoms with van der Waals surface area (Å²) < 4.78 is 0. The van der Waals surface area contributed by atoms with Crippen molar-refractivity contribution in [3.05, 3.63) is 29.8 Å². The summed E-state index contributed by atoms with van der Waals surface area (Å²) in [6, 6.07) is 9.79. The molecule has 0 atom stereocenters. The molecule has 0 aliphatic rings. The van der Waals surface area contributed by atoms with Crippen LogP contribution in [-0.2, 0) is 4.79 Å². The van der Waals surface area contributed by atoms with Crippen LogP contribution in [0.3, 0.4) is 0 Å². The molecule has 0 saturated carbocycles. The van der Waals surface area contributed by atoms with Crippen molar-refractivity contribution in [1.82, 2.24) is 5.32 Å². The third-order valence-corrected chi connectivity index (χ3v) is 2.03. The van der Waals surface area contributed by atoms with Crippen LogP contribution in [0.15, 0.2) is 24.3 Å².